The van der Waals surface area contributed by atoms with E-state index in [9.17, 15) is 13.2 Å². The maximum atomic E-state index is 13.0. The van der Waals surface area contributed by atoms with Crippen LogP contribution in [0.4, 0.5) is 18.9 Å². The number of rotatable bonds is 5. The van der Waals surface area contributed by atoms with Gasteiger partial charge in [-0.2, -0.15) is 0 Å². The van der Waals surface area contributed by atoms with E-state index in [4.69, 9.17) is 4.74 Å². The van der Waals surface area contributed by atoms with Crippen molar-refractivity contribution >= 4 is 5.69 Å². The SMILES string of the molecule is COCC(Nc1cc(F)c(F)c(F)c1)C(C)C. The summed E-state index contributed by atoms with van der Waals surface area (Å²) in [6.07, 6.45) is 0. The van der Waals surface area contributed by atoms with Gasteiger partial charge in [0.25, 0.3) is 0 Å². The first kappa shape index (κ1) is 13.8. The summed E-state index contributed by atoms with van der Waals surface area (Å²) in [7, 11) is 1.54. The molecule has 0 saturated heterocycles. The van der Waals surface area contributed by atoms with Gasteiger partial charge in [0.15, 0.2) is 17.5 Å². The van der Waals surface area contributed by atoms with Crippen LogP contribution in [0.3, 0.4) is 0 Å². The predicted molar refractivity (Wildman–Crippen MR) is 60.4 cm³/mol. The summed E-state index contributed by atoms with van der Waals surface area (Å²) < 4.78 is 43.7. The Kier molecular flexibility index (Phi) is 4.81. The fourth-order valence-electron chi connectivity index (χ4n) is 1.43. The highest BCUT2D eigenvalue weighted by molar-refractivity contribution is 5.45. The largest absolute Gasteiger partial charge is 0.383 e. The van der Waals surface area contributed by atoms with Crippen molar-refractivity contribution in [3.8, 4) is 0 Å². The molecule has 0 amide bonds. The average Bonchev–Trinajstić information content (AvgIpc) is 2.25. The van der Waals surface area contributed by atoms with Crippen LogP contribution in [0.25, 0.3) is 0 Å². The zero-order valence-electron chi connectivity index (χ0n) is 10.1. The van der Waals surface area contributed by atoms with Crippen LogP contribution < -0.4 is 5.32 Å². The maximum Gasteiger partial charge on any atom is 0.194 e. The van der Waals surface area contributed by atoms with Gasteiger partial charge in [-0.3, -0.25) is 0 Å². The molecule has 0 aliphatic carbocycles. The highest BCUT2D eigenvalue weighted by Crippen LogP contribution is 2.19. The van der Waals surface area contributed by atoms with Gasteiger partial charge in [0.05, 0.1) is 12.6 Å². The fourth-order valence-corrected chi connectivity index (χ4v) is 1.43. The summed E-state index contributed by atoms with van der Waals surface area (Å²) in [6.45, 7) is 4.30. The Hall–Kier alpha value is -1.23. The zero-order valence-corrected chi connectivity index (χ0v) is 10.1. The van der Waals surface area contributed by atoms with Gasteiger partial charge >= 0.3 is 0 Å². The molecule has 1 aromatic carbocycles. The minimum absolute atomic E-state index is 0.0933. The van der Waals surface area contributed by atoms with Crippen molar-refractivity contribution < 1.29 is 17.9 Å². The lowest BCUT2D eigenvalue weighted by molar-refractivity contribution is 0.171. The minimum atomic E-state index is -1.46. The molecule has 0 aliphatic rings. The molecule has 0 spiro atoms. The van der Waals surface area contributed by atoms with Crippen molar-refractivity contribution in [1.82, 2.24) is 0 Å². The van der Waals surface area contributed by atoms with E-state index in [-0.39, 0.29) is 17.6 Å². The Morgan fingerprint density at radius 1 is 1.18 bits per heavy atom. The number of hydrogen-bond donors (Lipinski definition) is 1. The van der Waals surface area contributed by atoms with E-state index in [0.29, 0.717) is 6.61 Å². The van der Waals surface area contributed by atoms with Gasteiger partial charge in [-0.1, -0.05) is 13.8 Å². The van der Waals surface area contributed by atoms with Gasteiger partial charge in [-0.05, 0) is 5.92 Å². The number of anilines is 1. The van der Waals surface area contributed by atoms with Crippen LogP contribution in [-0.2, 0) is 4.74 Å². The maximum absolute atomic E-state index is 13.0. The summed E-state index contributed by atoms with van der Waals surface area (Å²) in [5, 5.41) is 2.92. The third-order valence-corrected chi connectivity index (χ3v) is 2.49. The molecular formula is C12H16F3NO. The van der Waals surface area contributed by atoms with E-state index in [1.165, 1.54) is 0 Å². The van der Waals surface area contributed by atoms with Crippen LogP contribution in [0, 0.1) is 23.4 Å². The van der Waals surface area contributed by atoms with Crippen molar-refractivity contribution in [3.05, 3.63) is 29.6 Å². The number of methoxy groups -OCH3 is 1. The van der Waals surface area contributed by atoms with E-state index in [2.05, 4.69) is 5.32 Å². The first-order valence-electron chi connectivity index (χ1n) is 5.35. The highest BCUT2D eigenvalue weighted by Gasteiger charge is 2.16. The molecule has 1 atom stereocenters. The first-order chi connectivity index (χ1) is 7.95. The van der Waals surface area contributed by atoms with Gasteiger partial charge in [-0.25, -0.2) is 13.2 Å². The van der Waals surface area contributed by atoms with Crippen molar-refractivity contribution in [2.24, 2.45) is 5.92 Å². The van der Waals surface area contributed by atoms with E-state index in [1.807, 2.05) is 13.8 Å². The van der Waals surface area contributed by atoms with Crippen LogP contribution >= 0.6 is 0 Å². The smallest absolute Gasteiger partial charge is 0.194 e. The topological polar surface area (TPSA) is 21.3 Å². The Morgan fingerprint density at radius 2 is 1.71 bits per heavy atom. The normalized spacial score (nSPS) is 12.9. The standard InChI is InChI=1S/C12H16F3NO/c1-7(2)11(6-17-3)16-8-4-9(13)12(15)10(14)5-8/h4-5,7,11,16H,6H2,1-3H3. The Balaban J connectivity index is 2.86. The average molecular weight is 247 g/mol. The molecule has 0 radical (unpaired) electrons. The second-order valence-electron chi connectivity index (χ2n) is 4.20. The molecule has 17 heavy (non-hydrogen) atoms. The van der Waals surface area contributed by atoms with Crippen LogP contribution in [0.1, 0.15) is 13.8 Å². The molecule has 1 unspecified atom stereocenters. The summed E-state index contributed by atoms with van der Waals surface area (Å²) in [5.74, 6) is -3.64. The van der Waals surface area contributed by atoms with Gasteiger partial charge in [0.2, 0.25) is 0 Å². The van der Waals surface area contributed by atoms with Gasteiger partial charge in [-0.15, -0.1) is 0 Å². The third-order valence-electron chi connectivity index (χ3n) is 2.49. The van der Waals surface area contributed by atoms with Gasteiger partial charge in [0, 0.05) is 24.9 Å². The van der Waals surface area contributed by atoms with Crippen molar-refractivity contribution in [1.29, 1.82) is 0 Å². The second-order valence-corrected chi connectivity index (χ2v) is 4.20. The van der Waals surface area contributed by atoms with Crippen molar-refractivity contribution in [2.45, 2.75) is 19.9 Å². The molecule has 0 bridgehead atoms. The Morgan fingerprint density at radius 3 is 2.12 bits per heavy atom. The van der Waals surface area contributed by atoms with Crippen LogP contribution in [-0.4, -0.2) is 19.8 Å². The molecule has 1 rings (SSSR count). The number of benzene rings is 1. The molecule has 0 aromatic heterocycles. The summed E-state index contributed by atoms with van der Waals surface area (Å²) in [5.41, 5.74) is 0.206. The summed E-state index contributed by atoms with van der Waals surface area (Å²) >= 11 is 0. The molecule has 5 heteroatoms. The lowest BCUT2D eigenvalue weighted by Gasteiger charge is -2.22. The lowest BCUT2D eigenvalue weighted by Crippen LogP contribution is -2.30. The molecule has 0 saturated carbocycles. The van der Waals surface area contributed by atoms with Gasteiger partial charge < -0.3 is 10.1 Å². The number of hydrogen-bond acceptors (Lipinski definition) is 2. The molecule has 1 aromatic rings. The summed E-state index contributed by atoms with van der Waals surface area (Å²) in [6, 6.07) is 1.77. The van der Waals surface area contributed by atoms with Crippen LogP contribution in [0.2, 0.25) is 0 Å². The lowest BCUT2D eigenvalue weighted by atomic mass is 10.0. The fraction of sp³-hybridized carbons (Fsp3) is 0.500. The van der Waals surface area contributed by atoms with Crippen LogP contribution in [0.5, 0.6) is 0 Å². The Bertz CT molecular complexity index is 359. The molecule has 0 aliphatic heterocycles. The molecule has 2 nitrogen and oxygen atoms in total. The quantitative estimate of drug-likeness (QED) is 0.807. The molecule has 0 heterocycles. The van der Waals surface area contributed by atoms with Crippen molar-refractivity contribution in [2.75, 3.05) is 19.0 Å². The Labute approximate surface area is 98.8 Å². The predicted octanol–water partition coefficient (Wildman–Crippen LogP) is 3.19. The first-order valence-corrected chi connectivity index (χ1v) is 5.35. The monoisotopic (exact) mass is 247 g/mol. The third kappa shape index (κ3) is 3.63. The van der Waals surface area contributed by atoms with E-state index < -0.39 is 17.5 Å². The number of ether oxygens (including phenoxy) is 1. The van der Waals surface area contributed by atoms with Gasteiger partial charge in [0.1, 0.15) is 0 Å². The summed E-state index contributed by atoms with van der Waals surface area (Å²) in [4.78, 5) is 0. The molecule has 96 valence electrons. The van der Waals surface area contributed by atoms with Crippen LogP contribution in [0.15, 0.2) is 12.1 Å². The molecule has 1 N–H and O–H groups in total. The second kappa shape index (κ2) is 5.91. The highest BCUT2D eigenvalue weighted by atomic mass is 19.2. The molecular weight excluding hydrogens is 231 g/mol. The number of nitrogens with one attached hydrogen (secondary N) is 1. The number of halogens is 3. The zero-order chi connectivity index (χ0) is 13.0. The molecule has 0 fully saturated rings. The van der Waals surface area contributed by atoms with E-state index >= 15 is 0 Å². The van der Waals surface area contributed by atoms with E-state index in [0.717, 1.165) is 12.1 Å². The van der Waals surface area contributed by atoms with Crippen molar-refractivity contribution in [3.63, 3.8) is 0 Å². The van der Waals surface area contributed by atoms with E-state index in [1.54, 1.807) is 7.11 Å². The minimum Gasteiger partial charge on any atom is -0.383 e.